The van der Waals surface area contributed by atoms with Crippen LogP contribution < -0.4 is 5.46 Å². The molecule has 7 heteroatoms. The van der Waals surface area contributed by atoms with E-state index in [2.05, 4.69) is 61.2 Å². The molecule has 1 aromatic rings. The van der Waals surface area contributed by atoms with Crippen LogP contribution in [0.2, 0.25) is 25.7 Å². The molecule has 0 radical (unpaired) electrons. The highest BCUT2D eigenvalue weighted by Gasteiger charge is 2.52. The van der Waals surface area contributed by atoms with E-state index in [9.17, 15) is 0 Å². The molecule has 1 saturated heterocycles. The number of hydrogen-bond donors (Lipinski definition) is 0. The van der Waals surface area contributed by atoms with E-state index in [1.807, 2.05) is 10.9 Å². The Kier molecular flexibility index (Phi) is 5.94. The quantitative estimate of drug-likeness (QED) is 0.546. The monoisotopic (exact) mass is 366 g/mol. The Morgan fingerprint density at radius 1 is 1.16 bits per heavy atom. The lowest BCUT2D eigenvalue weighted by molar-refractivity contribution is 0.00578. The average Bonchev–Trinajstić information content (AvgIpc) is 2.93. The van der Waals surface area contributed by atoms with Crippen molar-refractivity contribution in [3.8, 4) is 0 Å². The van der Waals surface area contributed by atoms with Crippen LogP contribution in [0.1, 0.15) is 53.2 Å². The number of ether oxygens (including phenoxy) is 1. The van der Waals surface area contributed by atoms with Gasteiger partial charge in [-0.25, -0.2) is 4.68 Å². The summed E-state index contributed by atoms with van der Waals surface area (Å²) in [5.74, 6) is 0.303. The van der Waals surface area contributed by atoms with Crippen molar-refractivity contribution in [2.75, 3.05) is 6.61 Å². The summed E-state index contributed by atoms with van der Waals surface area (Å²) in [4.78, 5) is 0. The summed E-state index contributed by atoms with van der Waals surface area (Å²) in [5, 5.41) is 4.73. The summed E-state index contributed by atoms with van der Waals surface area (Å²) >= 11 is 0. The minimum atomic E-state index is -1.07. The van der Waals surface area contributed by atoms with Gasteiger partial charge in [-0.3, -0.25) is 0 Å². The van der Waals surface area contributed by atoms with Gasteiger partial charge in [0, 0.05) is 26.3 Å². The fourth-order valence-corrected chi connectivity index (χ4v) is 3.41. The van der Waals surface area contributed by atoms with Gasteiger partial charge < -0.3 is 14.0 Å². The van der Waals surface area contributed by atoms with E-state index < -0.39 is 8.07 Å². The van der Waals surface area contributed by atoms with E-state index in [0.717, 1.165) is 23.8 Å². The highest BCUT2D eigenvalue weighted by atomic mass is 28.3. The summed E-state index contributed by atoms with van der Waals surface area (Å²) in [7, 11) is -1.44. The molecule has 142 valence electrons. The molecule has 1 aliphatic rings. The molecule has 2 heterocycles. The van der Waals surface area contributed by atoms with Crippen molar-refractivity contribution >= 4 is 20.7 Å². The Labute approximate surface area is 154 Å². The second-order valence-corrected chi connectivity index (χ2v) is 15.2. The molecule has 0 aromatic carbocycles. The van der Waals surface area contributed by atoms with Crippen molar-refractivity contribution in [2.24, 2.45) is 0 Å². The minimum absolute atomic E-state index is 0.303. The van der Waals surface area contributed by atoms with E-state index in [4.69, 9.17) is 19.1 Å². The molecule has 1 fully saturated rings. The zero-order valence-electron chi connectivity index (χ0n) is 17.5. The lowest BCUT2D eigenvalue weighted by atomic mass is 9.77. The van der Waals surface area contributed by atoms with Crippen LogP contribution in [0.4, 0.5) is 0 Å². The maximum atomic E-state index is 6.21. The molecule has 0 N–H and O–H groups in total. The van der Waals surface area contributed by atoms with Crippen molar-refractivity contribution in [1.29, 1.82) is 0 Å². The predicted octanol–water partition coefficient (Wildman–Crippen LogP) is 3.62. The molecule has 1 aromatic heterocycles. The molecular formula is C18H35BN2O3Si. The molecule has 0 amide bonds. The largest absolute Gasteiger partial charge is 0.498 e. The van der Waals surface area contributed by atoms with Gasteiger partial charge >= 0.3 is 7.12 Å². The maximum Gasteiger partial charge on any atom is 0.498 e. The lowest BCUT2D eigenvalue weighted by Gasteiger charge is -2.32. The molecule has 5 nitrogen and oxygen atoms in total. The SMILES string of the molecule is CC(C)c1nn(COCC[Si](C)(C)C)cc1B1OC(C)(C)C(C)(C)O1. The first kappa shape index (κ1) is 20.7. The van der Waals surface area contributed by atoms with Crippen LogP contribution in [-0.2, 0) is 20.8 Å². The highest BCUT2D eigenvalue weighted by molar-refractivity contribution is 6.76. The van der Waals surface area contributed by atoms with Gasteiger partial charge in [-0.15, -0.1) is 0 Å². The van der Waals surface area contributed by atoms with Gasteiger partial charge in [0.05, 0.1) is 16.9 Å². The first-order chi connectivity index (χ1) is 11.3. The average molecular weight is 366 g/mol. The summed E-state index contributed by atoms with van der Waals surface area (Å²) in [6.07, 6.45) is 2.02. The molecule has 2 rings (SSSR count). The molecule has 0 bridgehead atoms. The van der Waals surface area contributed by atoms with Crippen molar-refractivity contribution in [1.82, 2.24) is 9.78 Å². The van der Waals surface area contributed by atoms with Crippen LogP contribution in [0, 0.1) is 0 Å². The van der Waals surface area contributed by atoms with E-state index in [1.165, 1.54) is 0 Å². The van der Waals surface area contributed by atoms with Crippen LogP contribution in [0.25, 0.3) is 0 Å². The third kappa shape index (κ3) is 4.96. The van der Waals surface area contributed by atoms with Crippen LogP contribution in [-0.4, -0.2) is 42.8 Å². The van der Waals surface area contributed by atoms with Crippen LogP contribution in [0.15, 0.2) is 6.20 Å². The maximum absolute atomic E-state index is 6.21. The Morgan fingerprint density at radius 3 is 2.20 bits per heavy atom. The van der Waals surface area contributed by atoms with Gasteiger partial charge in [0.1, 0.15) is 6.73 Å². The Balaban J connectivity index is 2.10. The van der Waals surface area contributed by atoms with Crippen LogP contribution >= 0.6 is 0 Å². The second-order valence-electron chi connectivity index (χ2n) is 9.60. The van der Waals surface area contributed by atoms with Gasteiger partial charge in [0.2, 0.25) is 0 Å². The molecule has 0 atom stereocenters. The third-order valence-corrected chi connectivity index (χ3v) is 6.80. The first-order valence-corrected chi connectivity index (χ1v) is 13.0. The zero-order valence-corrected chi connectivity index (χ0v) is 18.5. The number of hydrogen-bond acceptors (Lipinski definition) is 4. The fraction of sp³-hybridized carbons (Fsp3) is 0.833. The topological polar surface area (TPSA) is 45.5 Å². The number of nitrogens with zero attached hydrogens (tertiary/aromatic N) is 2. The van der Waals surface area contributed by atoms with E-state index in [-0.39, 0.29) is 18.3 Å². The fourth-order valence-electron chi connectivity index (χ4n) is 2.65. The smallest absolute Gasteiger partial charge is 0.399 e. The number of aromatic nitrogens is 2. The van der Waals surface area contributed by atoms with Crippen molar-refractivity contribution in [2.45, 2.75) is 91.1 Å². The molecular weight excluding hydrogens is 331 g/mol. The van der Waals surface area contributed by atoms with Gasteiger partial charge in [-0.05, 0) is 39.7 Å². The minimum Gasteiger partial charge on any atom is -0.399 e. The summed E-state index contributed by atoms with van der Waals surface area (Å²) < 4.78 is 20.1. The van der Waals surface area contributed by atoms with Crippen LogP contribution in [0.5, 0.6) is 0 Å². The van der Waals surface area contributed by atoms with E-state index in [0.29, 0.717) is 12.6 Å². The van der Waals surface area contributed by atoms with E-state index in [1.54, 1.807) is 0 Å². The zero-order chi connectivity index (χ0) is 19.0. The molecule has 1 aliphatic heterocycles. The summed E-state index contributed by atoms with van der Waals surface area (Å²) in [6, 6.07) is 1.16. The van der Waals surface area contributed by atoms with Gasteiger partial charge in [-0.2, -0.15) is 5.10 Å². The Bertz CT molecular complexity index is 578. The van der Waals surface area contributed by atoms with Crippen LogP contribution in [0.3, 0.4) is 0 Å². The normalized spacial score (nSPS) is 19.8. The molecule has 0 spiro atoms. The number of rotatable bonds is 7. The highest BCUT2D eigenvalue weighted by Crippen LogP contribution is 2.36. The standard InChI is InChI=1S/C18H35BN2O3Si/c1-14(2)16-15(19-23-17(3,4)18(5,6)24-19)12-21(20-16)13-22-10-11-25(7,8)9/h12,14H,10-11,13H2,1-9H3. The van der Waals surface area contributed by atoms with Gasteiger partial charge in [0.15, 0.2) is 0 Å². The molecule has 25 heavy (non-hydrogen) atoms. The Hall–Kier alpha value is -0.628. The lowest BCUT2D eigenvalue weighted by Crippen LogP contribution is -2.41. The second kappa shape index (κ2) is 7.18. The van der Waals surface area contributed by atoms with Crippen molar-refractivity contribution in [3.63, 3.8) is 0 Å². The molecule has 0 saturated carbocycles. The first-order valence-electron chi connectivity index (χ1n) is 9.33. The summed E-state index contributed by atoms with van der Waals surface area (Å²) in [5.41, 5.74) is 1.35. The van der Waals surface area contributed by atoms with Crippen molar-refractivity contribution < 1.29 is 14.0 Å². The van der Waals surface area contributed by atoms with Gasteiger partial charge in [-0.1, -0.05) is 33.5 Å². The predicted molar refractivity (Wildman–Crippen MR) is 106 cm³/mol. The molecule has 0 unspecified atom stereocenters. The Morgan fingerprint density at radius 2 is 1.72 bits per heavy atom. The van der Waals surface area contributed by atoms with Crippen molar-refractivity contribution in [3.05, 3.63) is 11.9 Å². The van der Waals surface area contributed by atoms with Gasteiger partial charge in [0.25, 0.3) is 0 Å². The third-order valence-electron chi connectivity index (χ3n) is 5.09. The molecule has 0 aliphatic carbocycles. The summed E-state index contributed by atoms with van der Waals surface area (Å²) in [6.45, 7) is 20.9. The van der Waals surface area contributed by atoms with E-state index >= 15 is 0 Å².